The Labute approximate surface area is 152 Å². The Kier molecular flexibility index (Phi) is 3.76. The van der Waals surface area contributed by atoms with Gasteiger partial charge in [-0.1, -0.05) is 39.3 Å². The van der Waals surface area contributed by atoms with Crippen LogP contribution in [0.25, 0.3) is 0 Å². The molecule has 0 unspecified atom stereocenters. The second-order valence-corrected chi connectivity index (χ2v) is 10.3. The molecule has 3 saturated carbocycles. The zero-order valence-corrected chi connectivity index (χ0v) is 16.3. The quantitative estimate of drug-likeness (QED) is 0.592. The summed E-state index contributed by atoms with van der Waals surface area (Å²) in [4.78, 5) is 11.9. The van der Waals surface area contributed by atoms with Crippen LogP contribution < -0.4 is 0 Å². The fraction of sp³-hybridized carbons (Fsp3) is 0.864. The van der Waals surface area contributed by atoms with E-state index in [1.807, 2.05) is 0 Å². The van der Waals surface area contributed by atoms with Gasteiger partial charge in [0, 0.05) is 24.4 Å². The summed E-state index contributed by atoms with van der Waals surface area (Å²) in [7, 11) is 0. The van der Waals surface area contributed by atoms with E-state index in [1.165, 1.54) is 19.3 Å². The lowest BCUT2D eigenvalue weighted by molar-refractivity contribution is -0.207. The van der Waals surface area contributed by atoms with E-state index in [4.69, 9.17) is 4.74 Å². The number of aliphatic hydroxyl groups is 1. The van der Waals surface area contributed by atoms with Gasteiger partial charge >= 0.3 is 5.97 Å². The first-order valence-corrected chi connectivity index (χ1v) is 10.2. The molecule has 0 radical (unpaired) electrons. The standard InChI is InChI=1S/C22H34O3/c1-15(24)25-18-19(2)10-6-17-21(4)9-5-8-20(3,14-23)16(21)7-11-22(17,18)13-12-19/h12-13,16-18,23H,5-11,14H2,1-4H3/t16-,17+,18+,19+,20-,21-,22+/m1/s1. The summed E-state index contributed by atoms with van der Waals surface area (Å²) in [5.74, 6) is 0.989. The van der Waals surface area contributed by atoms with Crippen molar-refractivity contribution < 1.29 is 14.6 Å². The molecule has 0 saturated heterocycles. The maximum Gasteiger partial charge on any atom is 0.302 e. The molecule has 140 valence electrons. The lowest BCUT2D eigenvalue weighted by Crippen LogP contribution is -2.62. The molecule has 3 fully saturated rings. The van der Waals surface area contributed by atoms with E-state index in [-0.39, 0.29) is 33.7 Å². The molecule has 1 spiro atoms. The molecule has 25 heavy (non-hydrogen) atoms. The van der Waals surface area contributed by atoms with Crippen LogP contribution in [0.5, 0.6) is 0 Å². The summed E-state index contributed by atoms with van der Waals surface area (Å²) in [5, 5.41) is 10.2. The maximum absolute atomic E-state index is 11.9. The zero-order chi connectivity index (χ0) is 18.1. The molecular weight excluding hydrogens is 312 g/mol. The van der Waals surface area contributed by atoms with Crippen LogP contribution in [-0.2, 0) is 9.53 Å². The number of fused-ring (bicyclic) bond motifs is 3. The van der Waals surface area contributed by atoms with E-state index in [0.717, 1.165) is 25.7 Å². The molecular formula is C22H34O3. The molecule has 7 atom stereocenters. The number of aliphatic hydroxyl groups excluding tert-OH is 1. The Bertz CT molecular complexity index is 612. The molecule has 0 aromatic carbocycles. The van der Waals surface area contributed by atoms with Gasteiger partial charge in [-0.2, -0.15) is 0 Å². The molecule has 2 bridgehead atoms. The highest BCUT2D eigenvalue weighted by Crippen LogP contribution is 2.72. The first-order valence-electron chi connectivity index (χ1n) is 10.2. The minimum atomic E-state index is -0.143. The normalized spacial score (nSPS) is 53.9. The largest absolute Gasteiger partial charge is 0.461 e. The highest BCUT2D eigenvalue weighted by atomic mass is 16.5. The van der Waals surface area contributed by atoms with Crippen LogP contribution in [-0.4, -0.2) is 23.8 Å². The van der Waals surface area contributed by atoms with E-state index in [9.17, 15) is 9.90 Å². The summed E-state index contributed by atoms with van der Waals surface area (Å²) < 4.78 is 5.99. The molecule has 4 aliphatic carbocycles. The van der Waals surface area contributed by atoms with Crippen molar-refractivity contribution in [2.24, 2.45) is 33.5 Å². The molecule has 1 N–H and O–H groups in total. The topological polar surface area (TPSA) is 46.5 Å². The van der Waals surface area contributed by atoms with Crippen LogP contribution in [0, 0.1) is 33.5 Å². The number of carbonyl (C=O) groups is 1. The number of esters is 1. The van der Waals surface area contributed by atoms with Gasteiger partial charge in [0.2, 0.25) is 0 Å². The first-order chi connectivity index (χ1) is 11.7. The Hall–Kier alpha value is -0.830. The van der Waals surface area contributed by atoms with Gasteiger partial charge in [-0.25, -0.2) is 0 Å². The minimum Gasteiger partial charge on any atom is -0.461 e. The van der Waals surface area contributed by atoms with Crippen LogP contribution in [0.3, 0.4) is 0 Å². The summed E-state index contributed by atoms with van der Waals surface area (Å²) >= 11 is 0. The van der Waals surface area contributed by atoms with Crippen molar-refractivity contribution in [3.8, 4) is 0 Å². The van der Waals surface area contributed by atoms with Gasteiger partial charge in [0.15, 0.2) is 0 Å². The van der Waals surface area contributed by atoms with Crippen molar-refractivity contribution in [2.75, 3.05) is 6.61 Å². The number of rotatable bonds is 2. The van der Waals surface area contributed by atoms with Gasteiger partial charge in [-0.3, -0.25) is 4.79 Å². The van der Waals surface area contributed by atoms with Crippen molar-refractivity contribution in [2.45, 2.75) is 78.7 Å². The van der Waals surface area contributed by atoms with Crippen LogP contribution in [0.2, 0.25) is 0 Å². The van der Waals surface area contributed by atoms with E-state index in [2.05, 4.69) is 32.9 Å². The number of carbonyl (C=O) groups excluding carboxylic acids is 1. The van der Waals surface area contributed by atoms with Crippen molar-refractivity contribution >= 4 is 5.97 Å². The molecule has 3 heteroatoms. The average Bonchev–Trinajstić information content (AvgIpc) is 2.71. The number of ether oxygens (including phenoxy) is 1. The van der Waals surface area contributed by atoms with Crippen molar-refractivity contribution in [3.63, 3.8) is 0 Å². The lowest BCUT2D eigenvalue weighted by atomic mass is 9.40. The van der Waals surface area contributed by atoms with Crippen LogP contribution in [0.1, 0.15) is 72.6 Å². The lowest BCUT2D eigenvalue weighted by Gasteiger charge is -2.65. The summed E-state index contributed by atoms with van der Waals surface area (Å²) in [6.07, 6.45) is 12.9. The molecule has 4 aliphatic rings. The van der Waals surface area contributed by atoms with E-state index >= 15 is 0 Å². The molecule has 0 heterocycles. The van der Waals surface area contributed by atoms with Crippen LogP contribution in [0.15, 0.2) is 12.2 Å². The van der Waals surface area contributed by atoms with Crippen molar-refractivity contribution in [1.29, 1.82) is 0 Å². The monoisotopic (exact) mass is 346 g/mol. The van der Waals surface area contributed by atoms with Crippen molar-refractivity contribution in [3.05, 3.63) is 12.2 Å². The van der Waals surface area contributed by atoms with E-state index in [1.54, 1.807) is 6.92 Å². The molecule has 0 aromatic rings. The van der Waals surface area contributed by atoms with Crippen LogP contribution >= 0.6 is 0 Å². The predicted octanol–water partition coefficient (Wildman–Crippen LogP) is 4.49. The van der Waals surface area contributed by atoms with Crippen molar-refractivity contribution in [1.82, 2.24) is 0 Å². The minimum absolute atomic E-state index is 0.000313. The summed E-state index contributed by atoms with van der Waals surface area (Å²) in [6, 6.07) is 0. The average molecular weight is 347 g/mol. The first kappa shape index (κ1) is 17.6. The second kappa shape index (κ2) is 5.34. The predicted molar refractivity (Wildman–Crippen MR) is 97.8 cm³/mol. The molecule has 0 aliphatic heterocycles. The third-order valence-electron chi connectivity index (χ3n) is 8.89. The smallest absolute Gasteiger partial charge is 0.302 e. The highest BCUT2D eigenvalue weighted by Gasteiger charge is 2.68. The number of hydrogen-bond donors (Lipinski definition) is 1. The molecule has 3 nitrogen and oxygen atoms in total. The Morgan fingerprint density at radius 2 is 1.80 bits per heavy atom. The van der Waals surface area contributed by atoms with Gasteiger partial charge in [-0.15, -0.1) is 0 Å². The fourth-order valence-corrected chi connectivity index (χ4v) is 7.81. The summed E-state index contributed by atoms with van der Waals surface area (Å²) in [6.45, 7) is 8.91. The SMILES string of the molecule is CC(=O)O[C@@H]1[C@@]23C=C[C@]1(C)CC[C@H]2[C@]1(C)CCC[C@](C)(CO)[C@H]1CC3. The molecule has 0 amide bonds. The van der Waals surface area contributed by atoms with Gasteiger partial charge in [0.25, 0.3) is 0 Å². The number of hydrogen-bond acceptors (Lipinski definition) is 3. The Balaban J connectivity index is 1.76. The van der Waals surface area contributed by atoms with Gasteiger partial charge in [0.1, 0.15) is 6.10 Å². The zero-order valence-electron chi connectivity index (χ0n) is 16.3. The van der Waals surface area contributed by atoms with Gasteiger partial charge in [-0.05, 0) is 61.2 Å². The highest BCUT2D eigenvalue weighted by molar-refractivity contribution is 5.66. The Morgan fingerprint density at radius 1 is 1.08 bits per heavy atom. The second-order valence-electron chi connectivity index (χ2n) is 10.3. The molecule has 0 aromatic heterocycles. The van der Waals surface area contributed by atoms with Gasteiger partial charge in [0.05, 0.1) is 0 Å². The van der Waals surface area contributed by atoms with Crippen LogP contribution in [0.4, 0.5) is 0 Å². The third-order valence-corrected chi connectivity index (χ3v) is 8.89. The van der Waals surface area contributed by atoms with E-state index in [0.29, 0.717) is 18.4 Å². The fourth-order valence-electron chi connectivity index (χ4n) is 7.81. The molecule has 4 rings (SSSR count). The third kappa shape index (κ3) is 2.17. The Morgan fingerprint density at radius 3 is 2.48 bits per heavy atom. The van der Waals surface area contributed by atoms with E-state index < -0.39 is 0 Å². The van der Waals surface area contributed by atoms with Gasteiger partial charge < -0.3 is 9.84 Å². The summed E-state index contributed by atoms with van der Waals surface area (Å²) in [5.41, 5.74) is 0.301. The maximum atomic E-state index is 11.9.